The number of hydrogen-bond acceptors (Lipinski definition) is 6. The summed E-state index contributed by atoms with van der Waals surface area (Å²) >= 11 is 1.71. The standard InChI is InChI=1S/C15H23N3O2S/c1-3-20-14(19)15(16-2)8-4-5-12(15)7-10-21-13-6-9-17-11-18-13/h6,9,11-12,16H,3-5,7-8,10H2,1-2H3. The zero-order chi connectivity index (χ0) is 15.1. The first-order valence-corrected chi connectivity index (χ1v) is 8.46. The summed E-state index contributed by atoms with van der Waals surface area (Å²) < 4.78 is 5.29. The van der Waals surface area contributed by atoms with E-state index in [0.717, 1.165) is 36.5 Å². The van der Waals surface area contributed by atoms with Crippen LogP contribution in [0, 0.1) is 5.92 Å². The highest BCUT2D eigenvalue weighted by Gasteiger charge is 2.48. The molecule has 1 saturated carbocycles. The van der Waals surface area contributed by atoms with E-state index in [1.165, 1.54) is 0 Å². The van der Waals surface area contributed by atoms with Crippen LogP contribution in [0.1, 0.15) is 32.6 Å². The van der Waals surface area contributed by atoms with Crippen LogP contribution in [-0.4, -0.2) is 40.9 Å². The monoisotopic (exact) mass is 309 g/mol. The average molecular weight is 309 g/mol. The number of rotatable bonds is 7. The molecular formula is C15H23N3O2S. The van der Waals surface area contributed by atoms with Gasteiger partial charge in [0.1, 0.15) is 11.9 Å². The minimum Gasteiger partial charge on any atom is -0.465 e. The summed E-state index contributed by atoms with van der Waals surface area (Å²) in [6.45, 7) is 2.29. The second-order valence-electron chi connectivity index (χ2n) is 5.22. The molecule has 116 valence electrons. The third kappa shape index (κ3) is 3.74. The Balaban J connectivity index is 1.93. The van der Waals surface area contributed by atoms with Gasteiger partial charge in [0.05, 0.1) is 11.6 Å². The zero-order valence-electron chi connectivity index (χ0n) is 12.7. The van der Waals surface area contributed by atoms with Crippen LogP contribution in [-0.2, 0) is 9.53 Å². The van der Waals surface area contributed by atoms with E-state index in [9.17, 15) is 4.79 Å². The van der Waals surface area contributed by atoms with Gasteiger partial charge in [-0.05, 0) is 51.0 Å². The topological polar surface area (TPSA) is 64.1 Å². The van der Waals surface area contributed by atoms with E-state index in [1.807, 2.05) is 20.0 Å². The van der Waals surface area contributed by atoms with Crippen LogP contribution in [0.3, 0.4) is 0 Å². The number of likely N-dealkylation sites (N-methyl/N-ethyl adjacent to an activating group) is 1. The van der Waals surface area contributed by atoms with Gasteiger partial charge in [0.25, 0.3) is 0 Å². The highest BCUT2D eigenvalue weighted by atomic mass is 32.2. The van der Waals surface area contributed by atoms with Gasteiger partial charge >= 0.3 is 5.97 Å². The van der Waals surface area contributed by atoms with E-state index >= 15 is 0 Å². The molecule has 1 N–H and O–H groups in total. The summed E-state index contributed by atoms with van der Waals surface area (Å²) in [6.07, 6.45) is 7.31. The number of esters is 1. The molecule has 1 aliphatic carbocycles. The Bertz CT molecular complexity index is 457. The largest absolute Gasteiger partial charge is 0.465 e. The van der Waals surface area contributed by atoms with Crippen molar-refractivity contribution in [3.63, 3.8) is 0 Å². The summed E-state index contributed by atoms with van der Waals surface area (Å²) in [7, 11) is 1.87. The molecule has 2 rings (SSSR count). The summed E-state index contributed by atoms with van der Waals surface area (Å²) in [4.78, 5) is 20.5. The number of nitrogens with one attached hydrogen (secondary N) is 1. The minimum absolute atomic E-state index is 0.0953. The highest BCUT2D eigenvalue weighted by Crippen LogP contribution is 2.39. The van der Waals surface area contributed by atoms with Gasteiger partial charge in [0.15, 0.2) is 0 Å². The molecule has 0 aromatic carbocycles. The molecule has 6 heteroatoms. The molecule has 21 heavy (non-hydrogen) atoms. The van der Waals surface area contributed by atoms with Gasteiger partial charge in [-0.2, -0.15) is 0 Å². The van der Waals surface area contributed by atoms with Gasteiger partial charge in [-0.25, -0.2) is 9.97 Å². The molecule has 1 heterocycles. The Morgan fingerprint density at radius 3 is 3.14 bits per heavy atom. The quantitative estimate of drug-likeness (QED) is 0.473. The fourth-order valence-corrected chi connectivity index (χ4v) is 3.99. The fourth-order valence-electron chi connectivity index (χ4n) is 3.10. The molecule has 2 unspecified atom stereocenters. The lowest BCUT2D eigenvalue weighted by atomic mass is 9.85. The summed E-state index contributed by atoms with van der Waals surface area (Å²) in [5.41, 5.74) is -0.498. The third-order valence-corrected chi connectivity index (χ3v) is 5.15. The fraction of sp³-hybridized carbons (Fsp3) is 0.667. The number of ether oxygens (including phenoxy) is 1. The van der Waals surface area contributed by atoms with Gasteiger partial charge in [-0.3, -0.25) is 4.79 Å². The number of hydrogen-bond donors (Lipinski definition) is 1. The van der Waals surface area contributed by atoms with E-state index in [-0.39, 0.29) is 5.97 Å². The second-order valence-corrected chi connectivity index (χ2v) is 6.33. The molecule has 0 bridgehead atoms. The van der Waals surface area contributed by atoms with E-state index in [2.05, 4.69) is 15.3 Å². The summed E-state index contributed by atoms with van der Waals surface area (Å²) in [5.74, 6) is 1.18. The average Bonchev–Trinajstić information content (AvgIpc) is 2.93. The number of thioether (sulfide) groups is 1. The smallest absolute Gasteiger partial charge is 0.326 e. The lowest BCUT2D eigenvalue weighted by molar-refractivity contribution is -0.152. The Morgan fingerprint density at radius 2 is 2.48 bits per heavy atom. The van der Waals surface area contributed by atoms with Gasteiger partial charge in [-0.1, -0.05) is 6.42 Å². The van der Waals surface area contributed by atoms with Crippen molar-refractivity contribution in [3.05, 3.63) is 18.6 Å². The van der Waals surface area contributed by atoms with Crippen molar-refractivity contribution in [2.75, 3.05) is 19.4 Å². The zero-order valence-corrected chi connectivity index (χ0v) is 13.5. The van der Waals surface area contributed by atoms with Gasteiger partial charge in [-0.15, -0.1) is 11.8 Å². The minimum atomic E-state index is -0.498. The first-order valence-electron chi connectivity index (χ1n) is 7.48. The maximum atomic E-state index is 12.3. The maximum absolute atomic E-state index is 12.3. The molecule has 0 saturated heterocycles. The number of nitrogens with zero attached hydrogens (tertiary/aromatic N) is 2. The normalized spacial score (nSPS) is 25.0. The molecule has 5 nitrogen and oxygen atoms in total. The maximum Gasteiger partial charge on any atom is 0.326 e. The van der Waals surface area contributed by atoms with Gasteiger partial charge in [0.2, 0.25) is 0 Å². The second kappa shape index (κ2) is 7.75. The van der Waals surface area contributed by atoms with Gasteiger partial charge in [0, 0.05) is 6.20 Å². The molecular weight excluding hydrogens is 286 g/mol. The van der Waals surface area contributed by atoms with Crippen molar-refractivity contribution >= 4 is 17.7 Å². The Hall–Kier alpha value is -1.14. The van der Waals surface area contributed by atoms with Crippen molar-refractivity contribution in [2.24, 2.45) is 5.92 Å². The van der Waals surface area contributed by atoms with E-state index in [0.29, 0.717) is 12.5 Å². The van der Waals surface area contributed by atoms with Crippen LogP contribution in [0.4, 0.5) is 0 Å². The Kier molecular flexibility index (Phi) is 5.99. The lowest BCUT2D eigenvalue weighted by Gasteiger charge is -2.32. The number of carbonyl (C=O) groups excluding carboxylic acids is 1. The molecule has 2 atom stereocenters. The molecule has 0 spiro atoms. The van der Waals surface area contributed by atoms with E-state index in [4.69, 9.17) is 4.74 Å². The van der Waals surface area contributed by atoms with Crippen LogP contribution < -0.4 is 5.32 Å². The molecule has 0 amide bonds. The van der Waals surface area contributed by atoms with Crippen LogP contribution in [0.5, 0.6) is 0 Å². The van der Waals surface area contributed by atoms with E-state index < -0.39 is 5.54 Å². The number of carbonyl (C=O) groups is 1. The van der Waals surface area contributed by atoms with Crippen molar-refractivity contribution in [3.8, 4) is 0 Å². The predicted octanol–water partition coefficient (Wildman–Crippen LogP) is 2.28. The molecule has 0 aliphatic heterocycles. The van der Waals surface area contributed by atoms with Crippen molar-refractivity contribution in [1.82, 2.24) is 15.3 Å². The van der Waals surface area contributed by atoms with Crippen LogP contribution in [0.2, 0.25) is 0 Å². The molecule has 0 radical (unpaired) electrons. The Labute approximate surface area is 130 Å². The first-order chi connectivity index (χ1) is 10.2. The molecule has 1 aliphatic rings. The van der Waals surface area contributed by atoms with Crippen LogP contribution in [0.25, 0.3) is 0 Å². The molecule has 1 aromatic rings. The Morgan fingerprint density at radius 1 is 1.62 bits per heavy atom. The first kappa shape index (κ1) is 16.2. The van der Waals surface area contributed by atoms with E-state index in [1.54, 1.807) is 24.3 Å². The van der Waals surface area contributed by atoms with Crippen LogP contribution >= 0.6 is 11.8 Å². The third-order valence-electron chi connectivity index (χ3n) is 4.18. The van der Waals surface area contributed by atoms with Crippen molar-refractivity contribution in [1.29, 1.82) is 0 Å². The summed E-state index contributed by atoms with van der Waals surface area (Å²) in [5, 5.41) is 4.23. The van der Waals surface area contributed by atoms with Crippen LogP contribution in [0.15, 0.2) is 23.6 Å². The molecule has 1 fully saturated rings. The van der Waals surface area contributed by atoms with Gasteiger partial charge < -0.3 is 10.1 Å². The van der Waals surface area contributed by atoms with Crippen molar-refractivity contribution < 1.29 is 9.53 Å². The predicted molar refractivity (Wildman–Crippen MR) is 83.1 cm³/mol. The number of aromatic nitrogens is 2. The SMILES string of the molecule is CCOC(=O)C1(NC)CCCC1CCSc1ccncn1. The molecule has 1 aromatic heterocycles. The lowest BCUT2D eigenvalue weighted by Crippen LogP contribution is -2.54. The summed E-state index contributed by atoms with van der Waals surface area (Å²) in [6, 6.07) is 1.91. The van der Waals surface area contributed by atoms with Crippen molar-refractivity contribution in [2.45, 2.75) is 43.2 Å². The highest BCUT2D eigenvalue weighted by molar-refractivity contribution is 7.99.